The molecule has 0 aromatic heterocycles. The third-order valence-corrected chi connectivity index (χ3v) is 3.14. The molecule has 0 aromatic rings. The molecule has 0 heterocycles. The fourth-order valence-corrected chi connectivity index (χ4v) is 1.83. The first kappa shape index (κ1) is 24.7. The van der Waals surface area contributed by atoms with Crippen LogP contribution in [0.5, 0.6) is 0 Å². The van der Waals surface area contributed by atoms with E-state index < -0.39 is 0 Å². The minimum absolute atomic E-state index is 0. The molecule has 0 saturated heterocycles. The largest absolute Gasteiger partial charge is 0.469 e. The summed E-state index contributed by atoms with van der Waals surface area (Å²) in [6.45, 7) is 2.15. The summed E-state index contributed by atoms with van der Waals surface area (Å²) in [4.78, 5) is 10.9. The lowest BCUT2D eigenvalue weighted by Crippen LogP contribution is -1.98. The molecule has 0 saturated carbocycles. The topological polar surface area (TPSA) is 26.3 Å². The van der Waals surface area contributed by atoms with Crippen LogP contribution in [0.2, 0.25) is 0 Å². The van der Waals surface area contributed by atoms with Gasteiger partial charge in [-0.3, -0.25) is 4.79 Å². The number of rotatable bonds is 13. The van der Waals surface area contributed by atoms with Crippen LogP contribution in [-0.4, -0.2) is 13.1 Å². The van der Waals surface area contributed by atoms with Crippen molar-refractivity contribution in [2.24, 2.45) is 0 Å². The molecule has 0 aliphatic heterocycles. The van der Waals surface area contributed by atoms with Gasteiger partial charge in [0.25, 0.3) is 0 Å². The Balaban J connectivity index is 0. The molecule has 0 fully saturated rings. The average Bonchev–Trinajstić information content (AvgIpc) is 2.57. The van der Waals surface area contributed by atoms with E-state index in [1.54, 1.807) is 0 Å². The monoisotopic (exact) mass is 352 g/mol. The van der Waals surface area contributed by atoms with Gasteiger partial charge in [0.1, 0.15) is 0 Å². The van der Waals surface area contributed by atoms with Crippen molar-refractivity contribution in [1.29, 1.82) is 0 Å². The van der Waals surface area contributed by atoms with E-state index in [0.717, 1.165) is 44.9 Å². The first-order valence-electron chi connectivity index (χ1n) is 8.63. The van der Waals surface area contributed by atoms with Crippen molar-refractivity contribution in [2.75, 3.05) is 7.11 Å². The van der Waals surface area contributed by atoms with Crippen molar-refractivity contribution in [3.05, 3.63) is 60.8 Å². The van der Waals surface area contributed by atoms with Gasteiger partial charge in [-0.15, -0.1) is 12.4 Å². The quantitative estimate of drug-likeness (QED) is 0.215. The number of methoxy groups -OCH3 is 1. The van der Waals surface area contributed by atoms with E-state index in [-0.39, 0.29) is 18.4 Å². The standard InChI is InChI=1S/C21H32O2.ClH/c1-3-4-5-6-7-8-9-10-11-12-13-14-15-16-17-18-19-20-21(22)23-2;/h4-5,7-8,10-11,13-14,16-17H,3,6,9,12,15,18-20H2,1-2H3;1H/b5-4-,8-7-,11-10-,14-13-,17-16-;. The number of hydrogen-bond donors (Lipinski definition) is 0. The zero-order valence-corrected chi connectivity index (χ0v) is 16.0. The van der Waals surface area contributed by atoms with E-state index in [1.165, 1.54) is 7.11 Å². The number of ether oxygens (including phenoxy) is 1. The highest BCUT2D eigenvalue weighted by atomic mass is 35.5. The summed E-state index contributed by atoms with van der Waals surface area (Å²) >= 11 is 0. The van der Waals surface area contributed by atoms with Gasteiger partial charge in [0.15, 0.2) is 0 Å². The van der Waals surface area contributed by atoms with E-state index in [9.17, 15) is 4.79 Å². The molecule has 3 heteroatoms. The summed E-state index contributed by atoms with van der Waals surface area (Å²) in [5.74, 6) is -0.127. The van der Waals surface area contributed by atoms with Crippen LogP contribution in [0.3, 0.4) is 0 Å². The fourth-order valence-electron chi connectivity index (χ4n) is 1.83. The smallest absolute Gasteiger partial charge is 0.305 e. The van der Waals surface area contributed by atoms with Crippen LogP contribution in [0.25, 0.3) is 0 Å². The molecule has 0 unspecified atom stereocenters. The van der Waals surface area contributed by atoms with Gasteiger partial charge in [-0.2, -0.15) is 0 Å². The lowest BCUT2D eigenvalue weighted by atomic mass is 10.2. The van der Waals surface area contributed by atoms with Gasteiger partial charge >= 0.3 is 5.97 Å². The number of esters is 1. The molecule has 0 radical (unpaired) electrons. The van der Waals surface area contributed by atoms with E-state index in [1.807, 2.05) is 0 Å². The van der Waals surface area contributed by atoms with Gasteiger partial charge in [-0.25, -0.2) is 0 Å². The Kier molecular flexibility index (Phi) is 22.1. The lowest BCUT2D eigenvalue weighted by Gasteiger charge is -1.95. The molecule has 0 aliphatic carbocycles. The third-order valence-electron chi connectivity index (χ3n) is 3.14. The fraction of sp³-hybridized carbons (Fsp3) is 0.476. The molecule has 2 nitrogen and oxygen atoms in total. The SMILES string of the molecule is CC/C=C\C/C=C\C/C=C\C/C=C\C/C=C\CCCC(=O)OC.Cl. The molecule has 0 rings (SSSR count). The second-order valence-corrected chi connectivity index (χ2v) is 5.18. The van der Waals surface area contributed by atoms with E-state index in [2.05, 4.69) is 72.4 Å². The van der Waals surface area contributed by atoms with Crippen molar-refractivity contribution in [2.45, 2.75) is 58.3 Å². The van der Waals surface area contributed by atoms with Gasteiger partial charge in [-0.05, 0) is 44.9 Å². The van der Waals surface area contributed by atoms with Crippen LogP contribution in [0.1, 0.15) is 58.3 Å². The highest BCUT2D eigenvalue weighted by Gasteiger charge is 1.96. The first-order valence-corrected chi connectivity index (χ1v) is 8.63. The Morgan fingerprint density at radius 2 is 1.17 bits per heavy atom. The zero-order valence-electron chi connectivity index (χ0n) is 15.2. The summed E-state index contributed by atoms with van der Waals surface area (Å²) in [5, 5.41) is 0. The Bertz CT molecular complexity index is 418. The van der Waals surface area contributed by atoms with Crippen LogP contribution >= 0.6 is 12.4 Å². The van der Waals surface area contributed by atoms with Crippen molar-refractivity contribution in [3.8, 4) is 0 Å². The molecular weight excluding hydrogens is 320 g/mol. The summed E-state index contributed by atoms with van der Waals surface area (Å²) in [5.41, 5.74) is 0. The number of allylic oxidation sites excluding steroid dienone is 10. The maximum atomic E-state index is 10.9. The van der Waals surface area contributed by atoms with Gasteiger partial charge in [0.05, 0.1) is 7.11 Å². The summed E-state index contributed by atoms with van der Waals surface area (Å²) in [6, 6.07) is 0. The molecule has 0 amide bonds. The molecule has 24 heavy (non-hydrogen) atoms. The molecule has 0 aliphatic rings. The molecule has 0 bridgehead atoms. The summed E-state index contributed by atoms with van der Waals surface area (Å²) in [6.07, 6.45) is 29.2. The molecule has 0 aromatic carbocycles. The predicted molar refractivity (Wildman–Crippen MR) is 108 cm³/mol. The number of hydrogen-bond acceptors (Lipinski definition) is 2. The number of unbranched alkanes of at least 4 members (excludes halogenated alkanes) is 1. The highest BCUT2D eigenvalue weighted by molar-refractivity contribution is 5.85. The molecule has 0 spiro atoms. The van der Waals surface area contributed by atoms with Crippen molar-refractivity contribution in [1.82, 2.24) is 0 Å². The summed E-state index contributed by atoms with van der Waals surface area (Å²) in [7, 11) is 1.43. The normalized spacial score (nSPS) is 12.1. The maximum Gasteiger partial charge on any atom is 0.305 e. The van der Waals surface area contributed by atoms with E-state index >= 15 is 0 Å². The number of carbonyl (C=O) groups excluding carboxylic acids is 1. The van der Waals surface area contributed by atoms with Crippen LogP contribution < -0.4 is 0 Å². The Hall–Kier alpha value is -1.54. The molecule has 0 N–H and O–H groups in total. The average molecular weight is 353 g/mol. The van der Waals surface area contributed by atoms with Crippen molar-refractivity contribution < 1.29 is 9.53 Å². The Morgan fingerprint density at radius 1 is 0.750 bits per heavy atom. The van der Waals surface area contributed by atoms with Crippen LogP contribution in [0.4, 0.5) is 0 Å². The second kappa shape index (κ2) is 21.5. The molecular formula is C21H33ClO2. The van der Waals surface area contributed by atoms with Crippen LogP contribution in [0.15, 0.2) is 60.8 Å². The van der Waals surface area contributed by atoms with Crippen LogP contribution in [0, 0.1) is 0 Å². The van der Waals surface area contributed by atoms with Crippen molar-refractivity contribution in [3.63, 3.8) is 0 Å². The lowest BCUT2D eigenvalue weighted by molar-refractivity contribution is -0.140. The third kappa shape index (κ3) is 20.5. The second-order valence-electron chi connectivity index (χ2n) is 5.18. The molecule has 136 valence electrons. The van der Waals surface area contributed by atoms with Gasteiger partial charge in [-0.1, -0.05) is 67.7 Å². The minimum atomic E-state index is -0.127. The van der Waals surface area contributed by atoms with Gasteiger partial charge in [0, 0.05) is 6.42 Å². The zero-order chi connectivity index (χ0) is 17.0. The van der Waals surface area contributed by atoms with Gasteiger partial charge < -0.3 is 4.74 Å². The first-order chi connectivity index (χ1) is 11.3. The Labute approximate surface area is 154 Å². The molecule has 0 atom stereocenters. The highest BCUT2D eigenvalue weighted by Crippen LogP contribution is 2.00. The summed E-state index contributed by atoms with van der Waals surface area (Å²) < 4.78 is 4.59. The van der Waals surface area contributed by atoms with Crippen molar-refractivity contribution >= 4 is 18.4 Å². The Morgan fingerprint density at radius 3 is 1.58 bits per heavy atom. The predicted octanol–water partition coefficient (Wildman–Crippen LogP) is 6.50. The minimum Gasteiger partial charge on any atom is -0.469 e. The van der Waals surface area contributed by atoms with E-state index in [0.29, 0.717) is 6.42 Å². The van der Waals surface area contributed by atoms with Crippen LogP contribution in [-0.2, 0) is 9.53 Å². The number of carbonyl (C=O) groups is 1. The number of halogens is 1. The van der Waals surface area contributed by atoms with E-state index in [4.69, 9.17) is 0 Å². The maximum absolute atomic E-state index is 10.9. The van der Waals surface area contributed by atoms with Gasteiger partial charge in [0.2, 0.25) is 0 Å².